The number of rotatable bonds is 4. The Bertz CT molecular complexity index is 809. The molecule has 1 aromatic heterocycles. The van der Waals surface area contributed by atoms with Crippen LogP contribution in [0.3, 0.4) is 0 Å². The fraction of sp³-hybridized carbons (Fsp3) is 0.455. The van der Waals surface area contributed by atoms with Gasteiger partial charge in [0.1, 0.15) is 6.26 Å². The molecule has 2 aliphatic rings. The number of ether oxygens (including phenoxy) is 1. The van der Waals surface area contributed by atoms with Crippen LogP contribution >= 0.6 is 0 Å². The highest BCUT2D eigenvalue weighted by Crippen LogP contribution is 2.14. The Balaban J connectivity index is 1.30. The predicted octanol–water partition coefficient (Wildman–Crippen LogP) is 1.97. The van der Waals surface area contributed by atoms with E-state index in [1.54, 1.807) is 6.07 Å². The van der Waals surface area contributed by atoms with Crippen molar-refractivity contribution in [2.45, 2.75) is 12.5 Å². The van der Waals surface area contributed by atoms with Crippen molar-refractivity contribution in [1.29, 1.82) is 0 Å². The standard InChI is InChI=1S/C22H27N3O4/c26-21(18-5-2-1-3-6-18)24-9-4-8-23(10-11-24)15-20-16-25(12-14-29-20)22(27)19-7-13-28-17-19/h1-3,5-7,13,17,20H,4,8-12,14-16H2/t20-/m1/s1. The minimum absolute atomic E-state index is 0.0115. The van der Waals surface area contributed by atoms with Gasteiger partial charge in [-0.3, -0.25) is 14.5 Å². The number of nitrogens with zero attached hydrogens (tertiary/aromatic N) is 3. The van der Waals surface area contributed by atoms with Crippen LogP contribution < -0.4 is 0 Å². The molecule has 2 saturated heterocycles. The van der Waals surface area contributed by atoms with E-state index in [1.807, 2.05) is 40.1 Å². The highest BCUT2D eigenvalue weighted by atomic mass is 16.5. The van der Waals surface area contributed by atoms with E-state index in [2.05, 4.69) is 4.90 Å². The average molecular weight is 397 g/mol. The lowest BCUT2D eigenvalue weighted by atomic mass is 10.2. The van der Waals surface area contributed by atoms with Crippen molar-refractivity contribution in [3.05, 3.63) is 60.1 Å². The molecule has 2 aliphatic heterocycles. The minimum atomic E-state index is -0.0176. The molecule has 3 heterocycles. The third-order valence-corrected chi connectivity index (χ3v) is 5.55. The van der Waals surface area contributed by atoms with E-state index in [1.165, 1.54) is 12.5 Å². The highest BCUT2D eigenvalue weighted by molar-refractivity contribution is 5.94. The quantitative estimate of drug-likeness (QED) is 0.789. The van der Waals surface area contributed by atoms with Crippen LogP contribution in [-0.4, -0.2) is 85.0 Å². The number of carbonyl (C=O) groups is 2. The summed E-state index contributed by atoms with van der Waals surface area (Å²) < 4.78 is 11.0. The number of carbonyl (C=O) groups excluding carboxylic acids is 2. The molecule has 2 fully saturated rings. The molecule has 1 aromatic carbocycles. The number of amides is 2. The molecular weight excluding hydrogens is 370 g/mol. The molecule has 0 aliphatic carbocycles. The van der Waals surface area contributed by atoms with E-state index in [9.17, 15) is 9.59 Å². The van der Waals surface area contributed by atoms with Crippen molar-refractivity contribution < 1.29 is 18.7 Å². The maximum atomic E-state index is 12.7. The van der Waals surface area contributed by atoms with Crippen molar-refractivity contribution >= 4 is 11.8 Å². The lowest BCUT2D eigenvalue weighted by Gasteiger charge is -2.35. The summed E-state index contributed by atoms with van der Waals surface area (Å²) in [5.41, 5.74) is 1.32. The zero-order valence-corrected chi connectivity index (χ0v) is 16.5. The van der Waals surface area contributed by atoms with Gasteiger partial charge in [0.05, 0.1) is 24.5 Å². The largest absolute Gasteiger partial charge is 0.472 e. The summed E-state index contributed by atoms with van der Waals surface area (Å²) in [6.45, 7) is 5.69. The second-order valence-corrected chi connectivity index (χ2v) is 7.57. The third-order valence-electron chi connectivity index (χ3n) is 5.55. The van der Waals surface area contributed by atoms with Crippen LogP contribution in [-0.2, 0) is 4.74 Å². The summed E-state index contributed by atoms with van der Waals surface area (Å²) >= 11 is 0. The van der Waals surface area contributed by atoms with Crippen LogP contribution in [0.1, 0.15) is 27.1 Å². The first-order valence-electron chi connectivity index (χ1n) is 10.2. The van der Waals surface area contributed by atoms with Gasteiger partial charge in [-0.05, 0) is 31.2 Å². The van der Waals surface area contributed by atoms with Crippen molar-refractivity contribution in [2.75, 3.05) is 52.4 Å². The predicted molar refractivity (Wildman–Crippen MR) is 108 cm³/mol. The Kier molecular flexibility index (Phi) is 6.27. The van der Waals surface area contributed by atoms with Gasteiger partial charge in [-0.1, -0.05) is 18.2 Å². The van der Waals surface area contributed by atoms with Crippen LogP contribution in [0.5, 0.6) is 0 Å². The van der Waals surface area contributed by atoms with Crippen molar-refractivity contribution in [3.8, 4) is 0 Å². The van der Waals surface area contributed by atoms with Gasteiger partial charge in [0.25, 0.3) is 11.8 Å². The normalized spacial score (nSPS) is 21.0. The van der Waals surface area contributed by atoms with Gasteiger partial charge in [0.2, 0.25) is 0 Å². The SMILES string of the molecule is O=C(c1ccccc1)N1CCCN(C[C@@H]2CN(C(=O)c3ccoc3)CCO2)CC1. The Morgan fingerprint density at radius 3 is 2.52 bits per heavy atom. The first-order chi connectivity index (χ1) is 14.2. The van der Waals surface area contributed by atoms with Crippen molar-refractivity contribution in [2.24, 2.45) is 0 Å². The smallest absolute Gasteiger partial charge is 0.257 e. The van der Waals surface area contributed by atoms with E-state index in [4.69, 9.17) is 9.15 Å². The van der Waals surface area contributed by atoms with E-state index in [0.717, 1.165) is 38.2 Å². The van der Waals surface area contributed by atoms with Gasteiger partial charge in [0.15, 0.2) is 0 Å². The van der Waals surface area contributed by atoms with E-state index >= 15 is 0 Å². The Morgan fingerprint density at radius 1 is 0.897 bits per heavy atom. The summed E-state index contributed by atoms with van der Waals surface area (Å²) in [6.07, 6.45) is 3.92. The highest BCUT2D eigenvalue weighted by Gasteiger charge is 2.28. The second kappa shape index (κ2) is 9.24. The molecule has 7 heteroatoms. The average Bonchev–Trinajstić information content (AvgIpc) is 3.21. The number of hydrogen-bond acceptors (Lipinski definition) is 5. The number of hydrogen-bond donors (Lipinski definition) is 0. The number of morpholine rings is 1. The zero-order valence-electron chi connectivity index (χ0n) is 16.5. The van der Waals surface area contributed by atoms with Gasteiger partial charge in [-0.25, -0.2) is 0 Å². The molecule has 1 atom stereocenters. The van der Waals surface area contributed by atoms with Gasteiger partial charge >= 0.3 is 0 Å². The molecule has 0 saturated carbocycles. The molecule has 0 radical (unpaired) electrons. The second-order valence-electron chi connectivity index (χ2n) is 7.57. The van der Waals surface area contributed by atoms with E-state index in [0.29, 0.717) is 31.8 Å². The maximum Gasteiger partial charge on any atom is 0.257 e. The van der Waals surface area contributed by atoms with Crippen LogP contribution in [0.15, 0.2) is 53.3 Å². The molecule has 2 amide bonds. The molecule has 29 heavy (non-hydrogen) atoms. The molecule has 0 bridgehead atoms. The summed E-state index contributed by atoms with van der Waals surface area (Å²) in [7, 11) is 0. The maximum absolute atomic E-state index is 12.7. The van der Waals surface area contributed by atoms with Crippen molar-refractivity contribution in [1.82, 2.24) is 14.7 Å². The summed E-state index contributed by atoms with van der Waals surface area (Å²) in [6, 6.07) is 11.1. The summed E-state index contributed by atoms with van der Waals surface area (Å²) in [5.74, 6) is 0.0841. The van der Waals surface area contributed by atoms with Gasteiger partial charge in [-0.2, -0.15) is 0 Å². The lowest BCUT2D eigenvalue weighted by Crippen LogP contribution is -2.50. The first kappa shape index (κ1) is 19.7. The Labute approximate surface area is 170 Å². The van der Waals surface area contributed by atoms with Gasteiger partial charge in [0, 0.05) is 44.8 Å². The fourth-order valence-electron chi connectivity index (χ4n) is 3.99. The monoisotopic (exact) mass is 397 g/mol. The van der Waals surface area contributed by atoms with Gasteiger partial charge in [-0.15, -0.1) is 0 Å². The molecule has 2 aromatic rings. The summed E-state index contributed by atoms with van der Waals surface area (Å²) in [5, 5.41) is 0. The Hall–Kier alpha value is -2.64. The molecule has 154 valence electrons. The molecule has 7 nitrogen and oxygen atoms in total. The van der Waals surface area contributed by atoms with E-state index < -0.39 is 0 Å². The molecule has 4 rings (SSSR count). The number of furan rings is 1. The minimum Gasteiger partial charge on any atom is -0.472 e. The van der Waals surface area contributed by atoms with Gasteiger partial charge < -0.3 is 19.0 Å². The van der Waals surface area contributed by atoms with Crippen LogP contribution in [0, 0.1) is 0 Å². The Morgan fingerprint density at radius 2 is 1.72 bits per heavy atom. The molecule has 0 unspecified atom stereocenters. The zero-order chi connectivity index (χ0) is 20.1. The lowest BCUT2D eigenvalue weighted by molar-refractivity contribution is -0.0353. The fourth-order valence-corrected chi connectivity index (χ4v) is 3.99. The van der Waals surface area contributed by atoms with Crippen LogP contribution in [0.4, 0.5) is 0 Å². The molecule has 0 N–H and O–H groups in total. The van der Waals surface area contributed by atoms with Crippen molar-refractivity contribution in [3.63, 3.8) is 0 Å². The van der Waals surface area contributed by atoms with E-state index in [-0.39, 0.29) is 17.9 Å². The van der Waals surface area contributed by atoms with Crippen LogP contribution in [0.25, 0.3) is 0 Å². The van der Waals surface area contributed by atoms with Crippen LogP contribution in [0.2, 0.25) is 0 Å². The topological polar surface area (TPSA) is 66.2 Å². The molecular formula is C22H27N3O4. The molecule has 0 spiro atoms. The third kappa shape index (κ3) is 4.86. The first-order valence-corrected chi connectivity index (χ1v) is 10.2. The summed E-state index contributed by atoms with van der Waals surface area (Å²) in [4.78, 5) is 31.4. The number of benzene rings is 1.